The first-order valence-corrected chi connectivity index (χ1v) is 12.1. The molecule has 7 nitrogen and oxygen atoms in total. The molecule has 1 saturated carbocycles. The molecule has 4 aromatic rings. The van der Waals surface area contributed by atoms with Gasteiger partial charge in [-0.05, 0) is 86.2 Å². The molecule has 3 aromatic carbocycles. The zero-order valence-electron chi connectivity index (χ0n) is 20.3. The minimum Gasteiger partial charge on any atom is -0.453 e. The highest BCUT2D eigenvalue weighted by molar-refractivity contribution is 5.95. The van der Waals surface area contributed by atoms with Crippen molar-refractivity contribution >= 4 is 17.3 Å². The third kappa shape index (κ3) is 5.46. The lowest BCUT2D eigenvalue weighted by Crippen LogP contribution is -2.26. The minimum atomic E-state index is -0.369. The van der Waals surface area contributed by atoms with Crippen LogP contribution in [0.5, 0.6) is 11.5 Å². The van der Waals surface area contributed by atoms with Gasteiger partial charge in [-0.3, -0.25) is 9.59 Å². The van der Waals surface area contributed by atoms with Gasteiger partial charge < -0.3 is 15.4 Å². The summed E-state index contributed by atoms with van der Waals surface area (Å²) < 4.78 is 7.47. The number of hydrogen-bond donors (Lipinski definition) is 2. The predicted octanol–water partition coefficient (Wildman–Crippen LogP) is 5.53. The highest BCUT2D eigenvalue weighted by Crippen LogP contribution is 2.30. The van der Waals surface area contributed by atoms with Crippen molar-refractivity contribution in [2.24, 2.45) is 5.92 Å². The number of carbonyl (C=O) groups excluding carboxylic acids is 1. The van der Waals surface area contributed by atoms with Gasteiger partial charge in [0, 0.05) is 17.8 Å². The molecule has 1 fully saturated rings. The van der Waals surface area contributed by atoms with Gasteiger partial charge in [0.05, 0.1) is 11.9 Å². The molecule has 1 heterocycles. The van der Waals surface area contributed by atoms with Gasteiger partial charge in [-0.2, -0.15) is 9.78 Å². The number of hydrogen-bond acceptors (Lipinski definition) is 5. The number of nitrogens with zero attached hydrogens (tertiary/aromatic N) is 2. The molecule has 0 spiro atoms. The summed E-state index contributed by atoms with van der Waals surface area (Å²) in [7, 11) is 0. The first kappa shape index (κ1) is 23.4. The number of aryl methyl sites for hydroxylation is 2. The molecule has 7 heteroatoms. The number of rotatable bonds is 8. The molecule has 0 atom stereocenters. The van der Waals surface area contributed by atoms with E-state index in [1.807, 2.05) is 62.4 Å². The van der Waals surface area contributed by atoms with Crippen LogP contribution in [0.1, 0.15) is 34.3 Å². The van der Waals surface area contributed by atoms with Crippen LogP contribution in [0.4, 0.5) is 11.4 Å². The molecular weight excluding hydrogens is 452 g/mol. The average Bonchev–Trinajstić information content (AvgIpc) is 3.70. The van der Waals surface area contributed by atoms with Gasteiger partial charge in [-0.1, -0.05) is 30.3 Å². The number of ether oxygens (including phenoxy) is 1. The van der Waals surface area contributed by atoms with Crippen molar-refractivity contribution in [2.45, 2.75) is 26.7 Å². The molecule has 0 bridgehead atoms. The maximum atomic E-state index is 13.6. The van der Waals surface area contributed by atoms with Crippen LogP contribution in [0, 0.1) is 19.8 Å². The summed E-state index contributed by atoms with van der Waals surface area (Å²) in [5.41, 5.74) is 3.72. The van der Waals surface area contributed by atoms with Crippen molar-refractivity contribution < 1.29 is 9.53 Å². The van der Waals surface area contributed by atoms with Crippen molar-refractivity contribution in [3.63, 3.8) is 0 Å². The molecule has 0 aliphatic heterocycles. The number of aromatic nitrogens is 2. The van der Waals surface area contributed by atoms with E-state index in [0.29, 0.717) is 40.9 Å². The molecule has 0 unspecified atom stereocenters. The highest BCUT2D eigenvalue weighted by Gasteiger charge is 2.22. The maximum Gasteiger partial charge on any atom is 0.299 e. The SMILES string of the molecule is Cc1cc(C)cc(Oc2cnn(-c3ccccc3)c(=O)c2Nc2cccc(C(=O)NCC3CC3)c2)c1. The van der Waals surface area contributed by atoms with Crippen LogP contribution in [-0.2, 0) is 0 Å². The van der Waals surface area contributed by atoms with Crippen molar-refractivity contribution in [2.75, 3.05) is 11.9 Å². The monoisotopic (exact) mass is 480 g/mol. The number of para-hydroxylation sites is 1. The average molecular weight is 481 g/mol. The van der Waals surface area contributed by atoms with Gasteiger partial charge in [0.15, 0.2) is 11.4 Å². The second-order valence-corrected chi connectivity index (χ2v) is 9.22. The third-order valence-electron chi connectivity index (χ3n) is 6.01. The van der Waals surface area contributed by atoms with E-state index in [9.17, 15) is 9.59 Å². The van der Waals surface area contributed by atoms with E-state index in [0.717, 1.165) is 11.1 Å². The number of carbonyl (C=O) groups is 1. The van der Waals surface area contributed by atoms with Crippen LogP contribution in [-0.4, -0.2) is 22.2 Å². The second-order valence-electron chi connectivity index (χ2n) is 9.22. The van der Waals surface area contributed by atoms with Crippen LogP contribution in [0.2, 0.25) is 0 Å². The van der Waals surface area contributed by atoms with Gasteiger partial charge in [-0.25, -0.2) is 0 Å². The Balaban J connectivity index is 1.50. The molecular formula is C29H28N4O3. The topological polar surface area (TPSA) is 85.2 Å². The Morgan fingerprint density at radius 1 is 1.00 bits per heavy atom. The van der Waals surface area contributed by atoms with Crippen molar-refractivity contribution in [1.82, 2.24) is 15.1 Å². The normalized spacial score (nSPS) is 12.7. The molecule has 1 aromatic heterocycles. The summed E-state index contributed by atoms with van der Waals surface area (Å²) in [5.74, 6) is 1.37. The largest absolute Gasteiger partial charge is 0.453 e. The molecule has 0 radical (unpaired) electrons. The summed E-state index contributed by atoms with van der Waals surface area (Å²) in [6.45, 7) is 4.67. The summed E-state index contributed by atoms with van der Waals surface area (Å²) in [5, 5.41) is 10.5. The Bertz CT molecular complexity index is 1440. The summed E-state index contributed by atoms with van der Waals surface area (Å²) in [4.78, 5) is 26.2. The third-order valence-corrected chi connectivity index (χ3v) is 6.01. The van der Waals surface area contributed by atoms with E-state index >= 15 is 0 Å². The lowest BCUT2D eigenvalue weighted by Gasteiger charge is -2.15. The Morgan fingerprint density at radius 2 is 1.75 bits per heavy atom. The van der Waals surface area contributed by atoms with E-state index in [4.69, 9.17) is 4.74 Å². The Kier molecular flexibility index (Phi) is 6.54. The van der Waals surface area contributed by atoms with E-state index in [-0.39, 0.29) is 17.2 Å². The first-order valence-electron chi connectivity index (χ1n) is 12.1. The van der Waals surface area contributed by atoms with E-state index in [2.05, 4.69) is 21.8 Å². The molecule has 182 valence electrons. The number of nitrogens with one attached hydrogen (secondary N) is 2. The summed E-state index contributed by atoms with van der Waals surface area (Å²) in [6.07, 6.45) is 3.86. The first-order chi connectivity index (χ1) is 17.5. The highest BCUT2D eigenvalue weighted by atomic mass is 16.5. The molecule has 36 heavy (non-hydrogen) atoms. The fourth-order valence-electron chi connectivity index (χ4n) is 4.05. The fourth-order valence-corrected chi connectivity index (χ4v) is 4.05. The zero-order chi connectivity index (χ0) is 25.1. The Labute approximate surface area is 209 Å². The Morgan fingerprint density at radius 3 is 2.47 bits per heavy atom. The number of amides is 1. The zero-order valence-corrected chi connectivity index (χ0v) is 20.3. The maximum absolute atomic E-state index is 13.6. The quantitative estimate of drug-likeness (QED) is 0.347. The van der Waals surface area contributed by atoms with Crippen LogP contribution < -0.4 is 20.9 Å². The molecule has 1 aliphatic carbocycles. The van der Waals surface area contributed by atoms with Crippen molar-refractivity contribution in [1.29, 1.82) is 0 Å². The smallest absolute Gasteiger partial charge is 0.299 e. The van der Waals surface area contributed by atoms with E-state index < -0.39 is 0 Å². The van der Waals surface area contributed by atoms with Gasteiger partial charge in [0.2, 0.25) is 0 Å². The predicted molar refractivity (Wildman–Crippen MR) is 141 cm³/mol. The number of benzene rings is 3. The fraction of sp³-hybridized carbons (Fsp3) is 0.207. The lowest BCUT2D eigenvalue weighted by molar-refractivity contribution is 0.0952. The molecule has 2 N–H and O–H groups in total. The molecule has 0 saturated heterocycles. The lowest BCUT2D eigenvalue weighted by atomic mass is 10.1. The van der Waals surface area contributed by atoms with Gasteiger partial charge in [-0.15, -0.1) is 0 Å². The van der Waals surface area contributed by atoms with E-state index in [1.165, 1.54) is 23.7 Å². The van der Waals surface area contributed by atoms with Crippen LogP contribution >= 0.6 is 0 Å². The Hall–Kier alpha value is -4.39. The van der Waals surface area contributed by atoms with Crippen LogP contribution in [0.15, 0.2) is 83.8 Å². The summed E-state index contributed by atoms with van der Waals surface area (Å²) >= 11 is 0. The van der Waals surface area contributed by atoms with Gasteiger partial charge in [0.1, 0.15) is 5.75 Å². The number of anilines is 2. The van der Waals surface area contributed by atoms with Crippen molar-refractivity contribution in [3.8, 4) is 17.2 Å². The molecule has 5 rings (SSSR count). The van der Waals surface area contributed by atoms with Gasteiger partial charge >= 0.3 is 0 Å². The van der Waals surface area contributed by atoms with Crippen LogP contribution in [0.3, 0.4) is 0 Å². The van der Waals surface area contributed by atoms with Crippen molar-refractivity contribution in [3.05, 3.63) is 106 Å². The van der Waals surface area contributed by atoms with Crippen LogP contribution in [0.25, 0.3) is 5.69 Å². The van der Waals surface area contributed by atoms with Gasteiger partial charge in [0.25, 0.3) is 11.5 Å². The molecule has 1 aliphatic rings. The summed E-state index contributed by atoms with van der Waals surface area (Å²) in [6, 6.07) is 22.2. The molecule has 1 amide bonds. The standard InChI is InChI=1S/C29H28N4O3/c1-19-13-20(2)15-25(14-19)36-26-18-31-33(24-9-4-3-5-10-24)29(35)27(26)32-23-8-6-7-22(16-23)28(34)30-17-21-11-12-21/h3-10,13-16,18,21,32H,11-12,17H2,1-2H3,(H,30,34). The van der Waals surface area contributed by atoms with E-state index in [1.54, 1.807) is 18.2 Å². The second kappa shape index (κ2) is 10.1. The minimum absolute atomic E-state index is 0.131.